The molecule has 1 saturated heterocycles. The van der Waals surface area contributed by atoms with Crippen molar-refractivity contribution in [3.8, 4) is 5.69 Å². The minimum Gasteiger partial charge on any atom is -0.480 e. The molecule has 1 aromatic heterocycles. The van der Waals surface area contributed by atoms with Gasteiger partial charge >= 0.3 is 5.97 Å². The van der Waals surface area contributed by atoms with Crippen molar-refractivity contribution in [1.29, 1.82) is 0 Å². The van der Waals surface area contributed by atoms with E-state index in [2.05, 4.69) is 5.10 Å². The molecule has 2 heterocycles. The Morgan fingerprint density at radius 2 is 2.00 bits per heavy atom. The van der Waals surface area contributed by atoms with Crippen molar-refractivity contribution in [2.24, 2.45) is 0 Å². The lowest BCUT2D eigenvalue weighted by Gasteiger charge is -2.32. The summed E-state index contributed by atoms with van der Waals surface area (Å²) in [5.74, 6) is -1.03. The molecular weight excluding hydrogens is 309 g/mol. The Balaban J connectivity index is 1.89. The van der Waals surface area contributed by atoms with Gasteiger partial charge in [-0.25, -0.2) is 9.07 Å². The normalized spacial score (nSPS) is 18.7. The highest BCUT2D eigenvalue weighted by atomic mass is 19.1. The standard InChI is InChI=1S/C18H22FN3O2/c1-12-16(11-21-10-4-3-5-17(21)18(23)24)13(2)22(20-12)15-8-6-14(19)7-9-15/h6-9,17H,3-5,10-11H2,1-2H3,(H,23,24)/t17-/m1/s1. The Bertz CT molecular complexity index is 739. The lowest BCUT2D eigenvalue weighted by Crippen LogP contribution is -2.44. The number of piperidine rings is 1. The minimum atomic E-state index is -0.754. The Labute approximate surface area is 140 Å². The van der Waals surface area contributed by atoms with Gasteiger partial charge in [-0.3, -0.25) is 9.69 Å². The summed E-state index contributed by atoms with van der Waals surface area (Å²) in [5, 5.41) is 14.0. The number of likely N-dealkylation sites (tertiary alicyclic amines) is 1. The second-order valence-corrected chi connectivity index (χ2v) is 6.36. The van der Waals surface area contributed by atoms with E-state index in [1.807, 2.05) is 18.7 Å². The number of benzene rings is 1. The molecular formula is C18H22FN3O2. The number of nitrogens with zero attached hydrogens (tertiary/aromatic N) is 3. The molecule has 0 amide bonds. The average Bonchev–Trinajstić information content (AvgIpc) is 2.84. The van der Waals surface area contributed by atoms with Crippen LogP contribution in [0.25, 0.3) is 5.69 Å². The molecule has 128 valence electrons. The highest BCUT2D eigenvalue weighted by Gasteiger charge is 2.29. The fourth-order valence-electron chi connectivity index (χ4n) is 3.40. The molecule has 1 N–H and O–H groups in total. The van der Waals surface area contributed by atoms with E-state index in [0.717, 1.165) is 42.0 Å². The van der Waals surface area contributed by atoms with Crippen molar-refractivity contribution in [2.45, 2.75) is 45.7 Å². The molecule has 2 aromatic rings. The maximum Gasteiger partial charge on any atom is 0.320 e. The molecule has 0 spiro atoms. The van der Waals surface area contributed by atoms with Gasteiger partial charge in [-0.05, 0) is 57.5 Å². The zero-order valence-electron chi connectivity index (χ0n) is 14.0. The van der Waals surface area contributed by atoms with Gasteiger partial charge in [-0.15, -0.1) is 0 Å². The third kappa shape index (κ3) is 3.19. The van der Waals surface area contributed by atoms with Crippen molar-refractivity contribution >= 4 is 5.97 Å². The van der Waals surface area contributed by atoms with Crippen molar-refractivity contribution in [3.05, 3.63) is 47.0 Å². The predicted octanol–water partition coefficient (Wildman–Crippen LogP) is 3.07. The molecule has 0 aliphatic carbocycles. The molecule has 0 bridgehead atoms. The predicted molar refractivity (Wildman–Crippen MR) is 88.7 cm³/mol. The summed E-state index contributed by atoms with van der Waals surface area (Å²) in [6.07, 6.45) is 2.67. The summed E-state index contributed by atoms with van der Waals surface area (Å²) in [7, 11) is 0. The summed E-state index contributed by atoms with van der Waals surface area (Å²) in [4.78, 5) is 13.5. The first-order valence-electron chi connectivity index (χ1n) is 8.25. The van der Waals surface area contributed by atoms with Gasteiger partial charge in [0.25, 0.3) is 0 Å². The van der Waals surface area contributed by atoms with Crippen LogP contribution in [0, 0.1) is 19.7 Å². The van der Waals surface area contributed by atoms with Crippen LogP contribution >= 0.6 is 0 Å². The van der Waals surface area contributed by atoms with Crippen molar-refractivity contribution < 1.29 is 14.3 Å². The van der Waals surface area contributed by atoms with Gasteiger partial charge in [0, 0.05) is 17.8 Å². The average molecular weight is 331 g/mol. The fourth-order valence-corrected chi connectivity index (χ4v) is 3.40. The third-order valence-corrected chi connectivity index (χ3v) is 4.77. The highest BCUT2D eigenvalue weighted by molar-refractivity contribution is 5.73. The number of aliphatic carboxylic acids is 1. The Hall–Kier alpha value is -2.21. The third-order valence-electron chi connectivity index (χ3n) is 4.77. The number of hydrogen-bond donors (Lipinski definition) is 1. The molecule has 1 fully saturated rings. The number of aromatic nitrogens is 2. The molecule has 6 heteroatoms. The SMILES string of the molecule is Cc1nn(-c2ccc(F)cc2)c(C)c1CN1CCCC[C@@H]1C(=O)O. The maximum atomic E-state index is 13.1. The summed E-state index contributed by atoms with van der Waals surface area (Å²) < 4.78 is 14.9. The smallest absolute Gasteiger partial charge is 0.320 e. The van der Waals surface area contributed by atoms with Gasteiger partial charge in [-0.2, -0.15) is 5.10 Å². The summed E-state index contributed by atoms with van der Waals surface area (Å²) in [5.41, 5.74) is 3.70. The number of carboxylic acids is 1. The van der Waals surface area contributed by atoms with Crippen LogP contribution in [0.4, 0.5) is 4.39 Å². The van der Waals surface area contributed by atoms with E-state index in [1.165, 1.54) is 12.1 Å². The van der Waals surface area contributed by atoms with E-state index in [1.54, 1.807) is 16.8 Å². The highest BCUT2D eigenvalue weighted by Crippen LogP contribution is 2.24. The molecule has 1 atom stereocenters. The first-order valence-corrected chi connectivity index (χ1v) is 8.25. The van der Waals surface area contributed by atoms with Crippen LogP contribution in [-0.4, -0.2) is 38.3 Å². The fraction of sp³-hybridized carbons (Fsp3) is 0.444. The number of rotatable bonds is 4. The molecule has 1 aliphatic rings. The van der Waals surface area contributed by atoms with Crippen LogP contribution in [0.1, 0.15) is 36.2 Å². The molecule has 1 aromatic carbocycles. The number of halogens is 1. The van der Waals surface area contributed by atoms with Crippen LogP contribution < -0.4 is 0 Å². The van der Waals surface area contributed by atoms with Gasteiger partial charge in [0.2, 0.25) is 0 Å². The van der Waals surface area contributed by atoms with Crippen molar-refractivity contribution in [2.75, 3.05) is 6.54 Å². The molecule has 5 nitrogen and oxygen atoms in total. The van der Waals surface area contributed by atoms with Gasteiger partial charge in [-0.1, -0.05) is 6.42 Å². The first kappa shape index (κ1) is 16.6. The minimum absolute atomic E-state index is 0.280. The first-order chi connectivity index (χ1) is 11.5. The zero-order chi connectivity index (χ0) is 17.3. The Morgan fingerprint density at radius 1 is 1.29 bits per heavy atom. The topological polar surface area (TPSA) is 58.4 Å². The van der Waals surface area contributed by atoms with Crippen molar-refractivity contribution in [3.63, 3.8) is 0 Å². The van der Waals surface area contributed by atoms with Crippen LogP contribution in [0.2, 0.25) is 0 Å². The molecule has 0 radical (unpaired) electrons. The second-order valence-electron chi connectivity index (χ2n) is 6.36. The van der Waals surface area contributed by atoms with Crippen LogP contribution in [0.15, 0.2) is 24.3 Å². The number of aryl methyl sites for hydroxylation is 1. The van der Waals surface area contributed by atoms with Gasteiger partial charge in [0.1, 0.15) is 11.9 Å². The van der Waals surface area contributed by atoms with Crippen LogP contribution in [-0.2, 0) is 11.3 Å². The molecule has 1 aliphatic heterocycles. The zero-order valence-corrected chi connectivity index (χ0v) is 14.0. The van der Waals surface area contributed by atoms with E-state index in [4.69, 9.17) is 0 Å². The summed E-state index contributed by atoms with van der Waals surface area (Å²) in [6.45, 7) is 5.27. The lowest BCUT2D eigenvalue weighted by atomic mass is 10.0. The largest absolute Gasteiger partial charge is 0.480 e. The molecule has 0 saturated carbocycles. The van der Waals surface area contributed by atoms with E-state index in [-0.39, 0.29) is 5.82 Å². The molecule has 0 unspecified atom stereocenters. The quantitative estimate of drug-likeness (QED) is 0.935. The second kappa shape index (κ2) is 6.73. The summed E-state index contributed by atoms with van der Waals surface area (Å²) in [6, 6.07) is 5.79. The Kier molecular flexibility index (Phi) is 4.66. The molecule has 3 rings (SSSR count). The van der Waals surface area contributed by atoms with Crippen LogP contribution in [0.3, 0.4) is 0 Å². The summed E-state index contributed by atoms with van der Waals surface area (Å²) >= 11 is 0. The maximum absolute atomic E-state index is 13.1. The van der Waals surface area contributed by atoms with Gasteiger partial charge in [0.05, 0.1) is 11.4 Å². The Morgan fingerprint density at radius 3 is 2.67 bits per heavy atom. The van der Waals surface area contributed by atoms with Gasteiger partial charge < -0.3 is 5.11 Å². The van der Waals surface area contributed by atoms with Crippen molar-refractivity contribution in [1.82, 2.24) is 14.7 Å². The van der Waals surface area contributed by atoms with E-state index < -0.39 is 12.0 Å². The lowest BCUT2D eigenvalue weighted by molar-refractivity contribution is -0.144. The van der Waals surface area contributed by atoms with E-state index in [9.17, 15) is 14.3 Å². The van der Waals surface area contributed by atoms with Gasteiger partial charge in [0.15, 0.2) is 0 Å². The van der Waals surface area contributed by atoms with Crippen LogP contribution in [0.5, 0.6) is 0 Å². The monoisotopic (exact) mass is 331 g/mol. The van der Waals surface area contributed by atoms with E-state index in [0.29, 0.717) is 13.0 Å². The number of carboxylic acid groups (broad SMARTS) is 1. The molecule has 24 heavy (non-hydrogen) atoms. The number of hydrogen-bond acceptors (Lipinski definition) is 3. The number of carbonyl (C=O) groups is 1. The van der Waals surface area contributed by atoms with E-state index >= 15 is 0 Å².